The topological polar surface area (TPSA) is 78.9 Å². The zero-order valence-corrected chi connectivity index (χ0v) is 12.2. The fourth-order valence-electron chi connectivity index (χ4n) is 1.71. The van der Waals surface area contributed by atoms with E-state index in [1.807, 2.05) is 0 Å². The fraction of sp³-hybridized carbons (Fsp3) is 0.846. The molecule has 0 bridgehead atoms. The summed E-state index contributed by atoms with van der Waals surface area (Å²) in [6.07, 6.45) is 0. The van der Waals surface area contributed by atoms with Gasteiger partial charge in [-0.25, -0.2) is 0 Å². The van der Waals surface area contributed by atoms with E-state index in [0.717, 1.165) is 0 Å². The number of carbonyl (C=O) groups excluding carboxylic acids is 1. The second kappa shape index (κ2) is 5.88. The van der Waals surface area contributed by atoms with Crippen LogP contribution in [0, 0.1) is 5.41 Å². The number of hydrogen-bond donors (Lipinski definition) is 2. The minimum atomic E-state index is -0.960. The van der Waals surface area contributed by atoms with Crippen molar-refractivity contribution >= 4 is 11.9 Å². The molecule has 2 N–H and O–H groups in total. The molecular formula is C13H24N2O4. The summed E-state index contributed by atoms with van der Waals surface area (Å²) in [4.78, 5) is 25.0. The van der Waals surface area contributed by atoms with Crippen LogP contribution in [0.15, 0.2) is 0 Å². The molecule has 0 atom stereocenters. The smallest absolute Gasteiger partial charge is 0.310 e. The van der Waals surface area contributed by atoms with Crippen LogP contribution in [0.1, 0.15) is 27.7 Å². The van der Waals surface area contributed by atoms with Gasteiger partial charge in [0, 0.05) is 18.6 Å². The van der Waals surface area contributed by atoms with Gasteiger partial charge in [0.2, 0.25) is 5.91 Å². The van der Waals surface area contributed by atoms with Crippen molar-refractivity contribution in [2.45, 2.75) is 33.2 Å². The molecule has 0 spiro atoms. The van der Waals surface area contributed by atoms with Crippen molar-refractivity contribution in [2.24, 2.45) is 5.41 Å². The van der Waals surface area contributed by atoms with Gasteiger partial charge in [0.15, 0.2) is 0 Å². The Hall–Kier alpha value is -1.14. The second-order valence-corrected chi connectivity index (χ2v) is 5.90. The molecule has 1 saturated heterocycles. The molecule has 1 amide bonds. The minimum Gasteiger partial charge on any atom is -0.481 e. The number of nitrogens with one attached hydrogen (secondary N) is 1. The predicted molar refractivity (Wildman–Crippen MR) is 70.9 cm³/mol. The number of carboxylic acids is 1. The monoisotopic (exact) mass is 272 g/mol. The van der Waals surface area contributed by atoms with Crippen LogP contribution >= 0.6 is 0 Å². The maximum absolute atomic E-state index is 12.0. The Kier molecular flexibility index (Phi) is 4.92. The maximum Gasteiger partial charge on any atom is 0.310 e. The van der Waals surface area contributed by atoms with Crippen molar-refractivity contribution in [1.29, 1.82) is 0 Å². The highest BCUT2D eigenvalue weighted by molar-refractivity contribution is 5.79. The molecule has 0 aromatic rings. The lowest BCUT2D eigenvalue weighted by molar-refractivity contribution is -0.151. The van der Waals surface area contributed by atoms with E-state index in [2.05, 4.69) is 5.32 Å². The van der Waals surface area contributed by atoms with Gasteiger partial charge in [0.1, 0.15) is 0 Å². The van der Waals surface area contributed by atoms with Crippen LogP contribution in [0.2, 0.25) is 0 Å². The van der Waals surface area contributed by atoms with Gasteiger partial charge < -0.3 is 20.1 Å². The SMILES string of the molecule is CC(C)(NCC(=O)N1CCOCC1)C(C)(C)C(=O)O. The third-order valence-corrected chi connectivity index (χ3v) is 4.14. The number of carboxylic acid groups (broad SMARTS) is 1. The highest BCUT2D eigenvalue weighted by Crippen LogP contribution is 2.30. The average molecular weight is 272 g/mol. The van der Waals surface area contributed by atoms with Gasteiger partial charge in [-0.1, -0.05) is 0 Å². The Labute approximate surface area is 114 Å². The van der Waals surface area contributed by atoms with Crippen LogP contribution in [-0.2, 0) is 14.3 Å². The van der Waals surface area contributed by atoms with Gasteiger partial charge in [-0.05, 0) is 27.7 Å². The number of carbonyl (C=O) groups is 2. The fourth-order valence-corrected chi connectivity index (χ4v) is 1.71. The summed E-state index contributed by atoms with van der Waals surface area (Å²) in [5.41, 5.74) is -1.64. The molecule has 1 aliphatic heterocycles. The molecule has 0 radical (unpaired) electrons. The van der Waals surface area contributed by atoms with E-state index >= 15 is 0 Å². The third-order valence-electron chi connectivity index (χ3n) is 4.14. The Morgan fingerprint density at radius 2 is 1.74 bits per heavy atom. The van der Waals surface area contributed by atoms with Crippen molar-refractivity contribution in [3.05, 3.63) is 0 Å². The zero-order valence-electron chi connectivity index (χ0n) is 12.2. The van der Waals surface area contributed by atoms with Gasteiger partial charge >= 0.3 is 5.97 Å². The Morgan fingerprint density at radius 1 is 1.21 bits per heavy atom. The standard InChI is InChI=1S/C13H24N2O4/c1-12(2,11(17)18)13(3,4)14-9-10(16)15-5-7-19-8-6-15/h14H,5-9H2,1-4H3,(H,17,18). The lowest BCUT2D eigenvalue weighted by atomic mass is 9.74. The highest BCUT2D eigenvalue weighted by atomic mass is 16.5. The summed E-state index contributed by atoms with van der Waals surface area (Å²) in [7, 11) is 0. The molecule has 1 fully saturated rings. The quantitative estimate of drug-likeness (QED) is 0.754. The Morgan fingerprint density at radius 3 is 2.21 bits per heavy atom. The van der Waals surface area contributed by atoms with Crippen LogP contribution < -0.4 is 5.32 Å². The van der Waals surface area contributed by atoms with Gasteiger partial charge in [0.25, 0.3) is 0 Å². The summed E-state index contributed by atoms with van der Waals surface area (Å²) in [6, 6.07) is 0. The predicted octanol–water partition coefficient (Wildman–Crippen LogP) is 0.324. The average Bonchev–Trinajstić information content (AvgIpc) is 2.36. The first kappa shape index (κ1) is 15.9. The van der Waals surface area contributed by atoms with E-state index in [1.165, 1.54) is 0 Å². The van der Waals surface area contributed by atoms with Crippen LogP contribution in [0.25, 0.3) is 0 Å². The van der Waals surface area contributed by atoms with Crippen molar-refractivity contribution in [2.75, 3.05) is 32.8 Å². The molecular weight excluding hydrogens is 248 g/mol. The second-order valence-electron chi connectivity index (χ2n) is 5.90. The van der Waals surface area contributed by atoms with Crippen molar-refractivity contribution in [1.82, 2.24) is 10.2 Å². The van der Waals surface area contributed by atoms with Gasteiger partial charge in [-0.2, -0.15) is 0 Å². The summed E-state index contributed by atoms with van der Waals surface area (Å²) in [5, 5.41) is 12.3. The number of amides is 1. The Balaban J connectivity index is 2.55. The molecule has 6 nitrogen and oxygen atoms in total. The van der Waals surface area contributed by atoms with E-state index in [9.17, 15) is 14.7 Å². The number of rotatable bonds is 5. The van der Waals surface area contributed by atoms with Gasteiger partial charge in [0.05, 0.1) is 25.2 Å². The molecule has 1 rings (SSSR count). The molecule has 0 aromatic heterocycles. The summed E-state index contributed by atoms with van der Waals surface area (Å²) in [5.74, 6) is -0.901. The first-order valence-electron chi connectivity index (χ1n) is 6.52. The summed E-state index contributed by atoms with van der Waals surface area (Å²) >= 11 is 0. The number of ether oxygens (including phenoxy) is 1. The van der Waals surface area contributed by atoms with E-state index in [1.54, 1.807) is 32.6 Å². The molecule has 1 heterocycles. The van der Waals surface area contributed by atoms with E-state index in [4.69, 9.17) is 4.74 Å². The molecule has 0 saturated carbocycles. The van der Waals surface area contributed by atoms with Crippen LogP contribution in [0.3, 0.4) is 0 Å². The lowest BCUT2D eigenvalue weighted by Gasteiger charge is -2.39. The number of nitrogens with zero attached hydrogens (tertiary/aromatic N) is 1. The first-order chi connectivity index (χ1) is 8.68. The molecule has 1 aliphatic rings. The van der Waals surface area contributed by atoms with Gasteiger partial charge in [-0.15, -0.1) is 0 Å². The molecule has 0 aromatic carbocycles. The summed E-state index contributed by atoms with van der Waals surface area (Å²) in [6.45, 7) is 9.38. The van der Waals surface area contributed by atoms with E-state index in [-0.39, 0.29) is 12.5 Å². The van der Waals surface area contributed by atoms with E-state index in [0.29, 0.717) is 26.3 Å². The minimum absolute atomic E-state index is 0.0161. The number of hydrogen-bond acceptors (Lipinski definition) is 4. The highest BCUT2D eigenvalue weighted by Gasteiger charge is 2.43. The van der Waals surface area contributed by atoms with Crippen molar-refractivity contribution < 1.29 is 19.4 Å². The Bertz CT molecular complexity index is 347. The third kappa shape index (κ3) is 3.67. The molecule has 0 aliphatic carbocycles. The normalized spacial score (nSPS) is 17.4. The summed E-state index contributed by atoms with van der Waals surface area (Å²) < 4.78 is 5.19. The van der Waals surface area contributed by atoms with Gasteiger partial charge in [-0.3, -0.25) is 9.59 Å². The first-order valence-corrected chi connectivity index (χ1v) is 6.52. The largest absolute Gasteiger partial charge is 0.481 e. The van der Waals surface area contributed by atoms with Crippen LogP contribution in [0.4, 0.5) is 0 Å². The van der Waals surface area contributed by atoms with Crippen LogP contribution in [0.5, 0.6) is 0 Å². The van der Waals surface area contributed by atoms with Crippen molar-refractivity contribution in [3.63, 3.8) is 0 Å². The van der Waals surface area contributed by atoms with E-state index < -0.39 is 16.9 Å². The molecule has 6 heteroatoms. The molecule has 110 valence electrons. The van der Waals surface area contributed by atoms with Crippen LogP contribution in [-0.4, -0.2) is 60.3 Å². The van der Waals surface area contributed by atoms with Crippen molar-refractivity contribution in [3.8, 4) is 0 Å². The molecule has 19 heavy (non-hydrogen) atoms. The number of aliphatic carboxylic acids is 1. The molecule has 0 unspecified atom stereocenters. The zero-order chi connectivity index (χ0) is 14.7. The maximum atomic E-state index is 12.0. The number of morpholine rings is 1. The lowest BCUT2D eigenvalue weighted by Crippen LogP contribution is -2.57.